The minimum Gasteiger partial charge on any atom is -0.353 e. The Morgan fingerprint density at radius 2 is 2.12 bits per heavy atom. The van der Waals surface area contributed by atoms with Crippen LogP contribution in [0.25, 0.3) is 21.3 Å². The molecule has 3 aromatic rings. The van der Waals surface area contributed by atoms with Crippen molar-refractivity contribution in [3.8, 4) is 11.1 Å². The monoisotopic (exact) mass is 241 g/mol. The molecule has 17 heavy (non-hydrogen) atoms. The molecule has 0 aliphatic heterocycles. The van der Waals surface area contributed by atoms with Gasteiger partial charge in [-0.3, -0.25) is 4.79 Å². The predicted molar refractivity (Wildman–Crippen MR) is 72.6 cm³/mol. The second-order valence-electron chi connectivity index (χ2n) is 4.06. The summed E-state index contributed by atoms with van der Waals surface area (Å²) in [6.07, 6.45) is 1.70. The van der Waals surface area contributed by atoms with Crippen molar-refractivity contribution in [3.05, 3.63) is 57.7 Å². The first-order valence-corrected chi connectivity index (χ1v) is 6.29. The summed E-state index contributed by atoms with van der Waals surface area (Å²) in [6.45, 7) is 2.06. The molecule has 0 unspecified atom stereocenters. The zero-order chi connectivity index (χ0) is 11.8. The third-order valence-electron chi connectivity index (χ3n) is 2.82. The topological polar surface area (TPSA) is 32.9 Å². The minimum absolute atomic E-state index is 0.0801. The third-order valence-corrected chi connectivity index (χ3v) is 3.73. The third kappa shape index (κ3) is 1.68. The van der Waals surface area contributed by atoms with Crippen LogP contribution in [0.5, 0.6) is 0 Å². The van der Waals surface area contributed by atoms with Crippen molar-refractivity contribution in [2.24, 2.45) is 0 Å². The van der Waals surface area contributed by atoms with Crippen LogP contribution in [0, 0.1) is 6.92 Å². The minimum atomic E-state index is 0.0801. The predicted octanol–water partition coefficient (Wildman–Crippen LogP) is 3.57. The van der Waals surface area contributed by atoms with Gasteiger partial charge in [0.25, 0.3) is 0 Å². The van der Waals surface area contributed by atoms with Crippen molar-refractivity contribution < 1.29 is 0 Å². The van der Waals surface area contributed by atoms with Crippen LogP contribution < -0.4 is 5.43 Å². The van der Waals surface area contributed by atoms with Gasteiger partial charge in [0.1, 0.15) is 4.83 Å². The number of aromatic amines is 1. The molecule has 0 atom stereocenters. The van der Waals surface area contributed by atoms with E-state index in [-0.39, 0.29) is 5.43 Å². The molecule has 0 radical (unpaired) electrons. The molecule has 3 rings (SSSR count). The summed E-state index contributed by atoms with van der Waals surface area (Å²) in [7, 11) is 0. The van der Waals surface area contributed by atoms with Crippen molar-refractivity contribution in [1.29, 1.82) is 0 Å². The number of hydrogen-bond acceptors (Lipinski definition) is 2. The normalized spacial score (nSPS) is 10.9. The molecule has 3 heteroatoms. The fourth-order valence-electron chi connectivity index (χ4n) is 2.01. The molecule has 0 bridgehead atoms. The van der Waals surface area contributed by atoms with Gasteiger partial charge in [0.15, 0.2) is 5.43 Å². The number of hydrogen-bond donors (Lipinski definition) is 1. The first-order chi connectivity index (χ1) is 8.25. The van der Waals surface area contributed by atoms with Gasteiger partial charge in [-0.15, -0.1) is 11.3 Å². The van der Waals surface area contributed by atoms with Gasteiger partial charge in [0.2, 0.25) is 0 Å². The number of benzene rings is 1. The number of H-pyrrole nitrogens is 1. The van der Waals surface area contributed by atoms with Crippen LogP contribution in [0.4, 0.5) is 0 Å². The fraction of sp³-hybridized carbons (Fsp3) is 0.0714. The largest absolute Gasteiger partial charge is 0.353 e. The fourth-order valence-corrected chi connectivity index (χ4v) is 2.96. The highest BCUT2D eigenvalue weighted by molar-refractivity contribution is 7.17. The van der Waals surface area contributed by atoms with Crippen molar-refractivity contribution in [3.63, 3.8) is 0 Å². The maximum Gasteiger partial charge on any atom is 0.190 e. The van der Waals surface area contributed by atoms with Crippen LogP contribution in [0.15, 0.2) is 46.7 Å². The van der Waals surface area contributed by atoms with Gasteiger partial charge in [0, 0.05) is 23.2 Å². The SMILES string of the molecule is Cc1cccc(-c2csc3[nH]ccc(=O)c23)c1. The number of nitrogens with one attached hydrogen (secondary N) is 1. The lowest BCUT2D eigenvalue weighted by molar-refractivity contribution is 1.42. The van der Waals surface area contributed by atoms with Gasteiger partial charge in [-0.25, -0.2) is 0 Å². The summed E-state index contributed by atoms with van der Waals surface area (Å²) in [6, 6.07) is 9.80. The van der Waals surface area contributed by atoms with E-state index in [1.807, 2.05) is 17.5 Å². The summed E-state index contributed by atoms with van der Waals surface area (Å²) in [5, 5.41) is 2.83. The van der Waals surface area contributed by atoms with Crippen LogP contribution >= 0.6 is 11.3 Å². The van der Waals surface area contributed by atoms with Gasteiger partial charge in [-0.1, -0.05) is 29.8 Å². The van der Waals surface area contributed by atoms with Gasteiger partial charge >= 0.3 is 0 Å². The lowest BCUT2D eigenvalue weighted by Gasteiger charge is -2.00. The molecule has 0 aliphatic rings. The second-order valence-corrected chi connectivity index (χ2v) is 4.94. The molecule has 0 fully saturated rings. The number of thiophene rings is 1. The number of aromatic nitrogens is 1. The van der Waals surface area contributed by atoms with E-state index in [1.165, 1.54) is 5.56 Å². The van der Waals surface area contributed by atoms with E-state index in [2.05, 4.69) is 24.0 Å². The van der Waals surface area contributed by atoms with Crippen LogP contribution in [0.3, 0.4) is 0 Å². The Morgan fingerprint density at radius 3 is 2.94 bits per heavy atom. The van der Waals surface area contributed by atoms with Gasteiger partial charge in [-0.2, -0.15) is 0 Å². The van der Waals surface area contributed by atoms with Gasteiger partial charge in [0.05, 0.1) is 5.39 Å². The van der Waals surface area contributed by atoms with E-state index in [9.17, 15) is 4.79 Å². The Morgan fingerprint density at radius 1 is 1.24 bits per heavy atom. The maximum atomic E-state index is 11.9. The summed E-state index contributed by atoms with van der Waals surface area (Å²) in [5.74, 6) is 0. The second kappa shape index (κ2) is 3.86. The molecule has 0 aliphatic carbocycles. The number of aryl methyl sites for hydroxylation is 1. The van der Waals surface area contributed by atoms with Gasteiger partial charge < -0.3 is 4.98 Å². The molecule has 1 aromatic carbocycles. The van der Waals surface area contributed by atoms with Crippen molar-refractivity contribution in [2.45, 2.75) is 6.92 Å². The van der Waals surface area contributed by atoms with Crippen molar-refractivity contribution in [2.75, 3.05) is 0 Å². The molecule has 1 N–H and O–H groups in total. The summed E-state index contributed by atoms with van der Waals surface area (Å²) < 4.78 is 0. The van der Waals surface area contributed by atoms with Crippen LogP contribution in [0.2, 0.25) is 0 Å². The molecule has 2 nitrogen and oxygen atoms in total. The highest BCUT2D eigenvalue weighted by Crippen LogP contribution is 2.30. The standard InChI is InChI=1S/C14H11NOS/c1-9-3-2-4-10(7-9)11-8-17-14-13(11)12(16)5-6-15-14/h2-8H,1H3,(H,15,16). The Kier molecular flexibility index (Phi) is 2.34. The zero-order valence-corrected chi connectivity index (χ0v) is 10.2. The molecule has 0 saturated carbocycles. The van der Waals surface area contributed by atoms with E-state index in [0.29, 0.717) is 0 Å². The Labute approximate surface area is 103 Å². The quantitative estimate of drug-likeness (QED) is 0.694. The molecule has 0 amide bonds. The van der Waals surface area contributed by atoms with E-state index in [0.717, 1.165) is 21.3 Å². The number of pyridine rings is 1. The Bertz CT molecular complexity index is 739. The highest BCUT2D eigenvalue weighted by atomic mass is 32.1. The average Bonchev–Trinajstić information content (AvgIpc) is 2.74. The van der Waals surface area contributed by atoms with Crippen LogP contribution in [0.1, 0.15) is 5.56 Å². The van der Waals surface area contributed by atoms with Crippen LogP contribution in [-0.2, 0) is 0 Å². The van der Waals surface area contributed by atoms with E-state index >= 15 is 0 Å². The smallest absolute Gasteiger partial charge is 0.190 e. The Balaban J connectivity index is 2.35. The zero-order valence-electron chi connectivity index (χ0n) is 9.36. The first-order valence-electron chi connectivity index (χ1n) is 5.41. The molecular formula is C14H11NOS. The molecule has 2 heterocycles. The molecule has 2 aromatic heterocycles. The Hall–Kier alpha value is -1.87. The number of fused-ring (bicyclic) bond motifs is 1. The van der Waals surface area contributed by atoms with E-state index in [4.69, 9.17) is 0 Å². The average molecular weight is 241 g/mol. The summed E-state index contributed by atoms with van der Waals surface area (Å²) >= 11 is 1.57. The molecule has 84 valence electrons. The summed E-state index contributed by atoms with van der Waals surface area (Å²) in [4.78, 5) is 16.0. The lowest BCUT2D eigenvalue weighted by Crippen LogP contribution is -1.98. The molecular weight excluding hydrogens is 230 g/mol. The van der Waals surface area contributed by atoms with E-state index in [1.54, 1.807) is 23.6 Å². The lowest BCUT2D eigenvalue weighted by atomic mass is 10.0. The van der Waals surface area contributed by atoms with Gasteiger partial charge in [-0.05, 0) is 12.5 Å². The molecule has 0 spiro atoms. The van der Waals surface area contributed by atoms with Crippen molar-refractivity contribution >= 4 is 21.6 Å². The van der Waals surface area contributed by atoms with Crippen LogP contribution in [-0.4, -0.2) is 4.98 Å². The van der Waals surface area contributed by atoms with E-state index < -0.39 is 0 Å². The number of rotatable bonds is 1. The summed E-state index contributed by atoms with van der Waals surface area (Å²) in [5.41, 5.74) is 3.41. The first kappa shape index (κ1) is 10.3. The molecule has 0 saturated heterocycles. The maximum absolute atomic E-state index is 11.9. The highest BCUT2D eigenvalue weighted by Gasteiger charge is 2.09. The van der Waals surface area contributed by atoms with Crippen molar-refractivity contribution in [1.82, 2.24) is 4.98 Å².